The standard InChI is InChI=1S/C12H17BrN6O/c1-3-4-5-19-12(20)10(13)9(6-16-19)17-8(2)11-14-7-15-18-11/h6-8,17H,3-5H2,1-2H3,(H,14,15,18). The topological polar surface area (TPSA) is 88.5 Å². The molecule has 1 atom stereocenters. The van der Waals surface area contributed by atoms with Gasteiger partial charge in [-0.05, 0) is 29.3 Å². The molecule has 2 aromatic rings. The van der Waals surface area contributed by atoms with Gasteiger partial charge in [-0.3, -0.25) is 9.89 Å². The maximum Gasteiger partial charge on any atom is 0.283 e. The van der Waals surface area contributed by atoms with Crippen LogP contribution in [0.3, 0.4) is 0 Å². The molecule has 2 N–H and O–H groups in total. The van der Waals surface area contributed by atoms with Crippen LogP contribution in [-0.2, 0) is 6.54 Å². The first-order valence-electron chi connectivity index (χ1n) is 6.51. The lowest BCUT2D eigenvalue weighted by atomic mass is 10.3. The van der Waals surface area contributed by atoms with Crippen molar-refractivity contribution in [2.75, 3.05) is 5.32 Å². The van der Waals surface area contributed by atoms with Gasteiger partial charge in [-0.2, -0.15) is 10.2 Å². The number of unbranched alkanes of at least 4 members (excludes halogenated alkanes) is 1. The predicted molar refractivity (Wildman–Crippen MR) is 79.5 cm³/mol. The number of rotatable bonds is 6. The zero-order chi connectivity index (χ0) is 14.5. The Morgan fingerprint density at radius 1 is 1.55 bits per heavy atom. The number of H-pyrrole nitrogens is 1. The van der Waals surface area contributed by atoms with Gasteiger partial charge in [-0.1, -0.05) is 13.3 Å². The largest absolute Gasteiger partial charge is 0.373 e. The molecule has 2 heterocycles. The molecule has 20 heavy (non-hydrogen) atoms. The maximum atomic E-state index is 12.1. The highest BCUT2D eigenvalue weighted by Crippen LogP contribution is 2.21. The van der Waals surface area contributed by atoms with E-state index in [-0.39, 0.29) is 11.6 Å². The average Bonchev–Trinajstić information content (AvgIpc) is 2.97. The van der Waals surface area contributed by atoms with Crippen LogP contribution in [0.2, 0.25) is 0 Å². The smallest absolute Gasteiger partial charge is 0.283 e. The summed E-state index contributed by atoms with van der Waals surface area (Å²) in [4.78, 5) is 16.2. The second kappa shape index (κ2) is 6.65. The van der Waals surface area contributed by atoms with Gasteiger partial charge in [0.05, 0.1) is 17.9 Å². The normalized spacial score (nSPS) is 12.3. The third kappa shape index (κ3) is 3.24. The third-order valence-electron chi connectivity index (χ3n) is 2.92. The van der Waals surface area contributed by atoms with E-state index in [1.54, 1.807) is 6.20 Å². The van der Waals surface area contributed by atoms with E-state index in [4.69, 9.17) is 0 Å². The van der Waals surface area contributed by atoms with E-state index in [9.17, 15) is 4.79 Å². The summed E-state index contributed by atoms with van der Waals surface area (Å²) in [6.07, 6.45) is 5.05. The van der Waals surface area contributed by atoms with Crippen LogP contribution in [0.25, 0.3) is 0 Å². The Balaban J connectivity index is 2.17. The highest BCUT2D eigenvalue weighted by Gasteiger charge is 2.13. The summed E-state index contributed by atoms with van der Waals surface area (Å²) in [5, 5.41) is 13.9. The number of aryl methyl sites for hydroxylation is 1. The lowest BCUT2D eigenvalue weighted by Gasteiger charge is -2.14. The fourth-order valence-electron chi connectivity index (χ4n) is 1.76. The molecule has 0 amide bonds. The first kappa shape index (κ1) is 14.7. The van der Waals surface area contributed by atoms with Crippen molar-refractivity contribution in [1.82, 2.24) is 25.0 Å². The Bertz CT molecular complexity index is 609. The molecule has 1 unspecified atom stereocenters. The van der Waals surface area contributed by atoms with Crippen LogP contribution in [-0.4, -0.2) is 25.0 Å². The van der Waals surface area contributed by atoms with Crippen molar-refractivity contribution in [3.8, 4) is 0 Å². The van der Waals surface area contributed by atoms with Crippen molar-refractivity contribution < 1.29 is 0 Å². The molecule has 0 aliphatic heterocycles. The summed E-state index contributed by atoms with van der Waals surface area (Å²) in [5.41, 5.74) is 0.514. The molecular formula is C12H17BrN6O. The van der Waals surface area contributed by atoms with E-state index in [1.165, 1.54) is 11.0 Å². The molecular weight excluding hydrogens is 324 g/mol. The van der Waals surface area contributed by atoms with Gasteiger partial charge in [0, 0.05) is 6.54 Å². The lowest BCUT2D eigenvalue weighted by molar-refractivity contribution is 0.541. The molecule has 0 spiro atoms. The SMILES string of the molecule is CCCCn1ncc(NC(C)c2ncn[nH]2)c(Br)c1=O. The van der Waals surface area contributed by atoms with Crippen molar-refractivity contribution in [3.63, 3.8) is 0 Å². The molecule has 0 saturated heterocycles. The molecule has 2 rings (SSSR count). The van der Waals surface area contributed by atoms with Crippen molar-refractivity contribution in [2.45, 2.75) is 39.3 Å². The fraction of sp³-hybridized carbons (Fsp3) is 0.500. The maximum absolute atomic E-state index is 12.1. The highest BCUT2D eigenvalue weighted by molar-refractivity contribution is 9.10. The summed E-state index contributed by atoms with van der Waals surface area (Å²) in [6.45, 7) is 4.64. The van der Waals surface area contributed by atoms with Crippen LogP contribution in [0.4, 0.5) is 5.69 Å². The summed E-state index contributed by atoms with van der Waals surface area (Å²) in [5.74, 6) is 0.701. The zero-order valence-electron chi connectivity index (χ0n) is 11.4. The van der Waals surface area contributed by atoms with Crippen molar-refractivity contribution in [2.24, 2.45) is 0 Å². The Morgan fingerprint density at radius 2 is 2.35 bits per heavy atom. The Morgan fingerprint density at radius 3 is 3.00 bits per heavy atom. The summed E-state index contributed by atoms with van der Waals surface area (Å²) in [7, 11) is 0. The molecule has 0 bridgehead atoms. The van der Waals surface area contributed by atoms with Gasteiger partial charge in [0.1, 0.15) is 16.6 Å². The molecule has 7 nitrogen and oxygen atoms in total. The zero-order valence-corrected chi connectivity index (χ0v) is 13.0. The van der Waals surface area contributed by atoms with Gasteiger partial charge in [0.25, 0.3) is 5.56 Å². The number of nitrogens with zero attached hydrogens (tertiary/aromatic N) is 4. The molecule has 108 valence electrons. The number of anilines is 1. The van der Waals surface area contributed by atoms with E-state index in [0.717, 1.165) is 12.8 Å². The number of aromatic nitrogens is 5. The van der Waals surface area contributed by atoms with Gasteiger partial charge >= 0.3 is 0 Å². The number of nitrogens with one attached hydrogen (secondary N) is 2. The predicted octanol–water partition coefficient (Wildman–Crippen LogP) is 2.10. The Kier molecular flexibility index (Phi) is 4.89. The van der Waals surface area contributed by atoms with Gasteiger partial charge in [-0.25, -0.2) is 9.67 Å². The molecule has 0 radical (unpaired) electrons. The van der Waals surface area contributed by atoms with Crippen molar-refractivity contribution in [3.05, 3.63) is 33.2 Å². The minimum Gasteiger partial charge on any atom is -0.373 e. The van der Waals surface area contributed by atoms with Crippen LogP contribution < -0.4 is 10.9 Å². The first-order valence-corrected chi connectivity index (χ1v) is 7.30. The molecule has 8 heteroatoms. The van der Waals surface area contributed by atoms with Crippen LogP contribution in [0.1, 0.15) is 38.6 Å². The van der Waals surface area contributed by atoms with Gasteiger partial charge in [0.2, 0.25) is 0 Å². The van der Waals surface area contributed by atoms with E-state index in [1.807, 2.05) is 6.92 Å². The molecule has 0 aliphatic carbocycles. The van der Waals surface area contributed by atoms with Gasteiger partial charge in [0.15, 0.2) is 0 Å². The number of hydrogen-bond acceptors (Lipinski definition) is 5. The highest BCUT2D eigenvalue weighted by atomic mass is 79.9. The van der Waals surface area contributed by atoms with Crippen LogP contribution >= 0.6 is 15.9 Å². The molecule has 0 aliphatic rings. The third-order valence-corrected chi connectivity index (χ3v) is 3.69. The summed E-state index contributed by atoms with van der Waals surface area (Å²) >= 11 is 3.33. The summed E-state index contributed by atoms with van der Waals surface area (Å²) < 4.78 is 1.95. The average molecular weight is 341 g/mol. The quantitative estimate of drug-likeness (QED) is 0.840. The van der Waals surface area contributed by atoms with Crippen LogP contribution in [0, 0.1) is 0 Å². The second-order valence-electron chi connectivity index (χ2n) is 4.49. The Labute approximate surface area is 124 Å². The van der Waals surface area contributed by atoms with E-state index in [2.05, 4.69) is 48.5 Å². The number of halogens is 1. The van der Waals surface area contributed by atoms with Crippen LogP contribution in [0.5, 0.6) is 0 Å². The molecule has 0 saturated carbocycles. The van der Waals surface area contributed by atoms with Crippen molar-refractivity contribution >= 4 is 21.6 Å². The number of hydrogen-bond donors (Lipinski definition) is 2. The van der Waals surface area contributed by atoms with Crippen LogP contribution in [0.15, 0.2) is 21.8 Å². The van der Waals surface area contributed by atoms with Crippen molar-refractivity contribution in [1.29, 1.82) is 0 Å². The van der Waals surface area contributed by atoms with Gasteiger partial charge in [-0.15, -0.1) is 0 Å². The molecule has 2 aromatic heterocycles. The Hall–Kier alpha value is -1.70. The first-order chi connectivity index (χ1) is 9.63. The molecule has 0 fully saturated rings. The second-order valence-corrected chi connectivity index (χ2v) is 5.28. The number of aromatic amines is 1. The van der Waals surface area contributed by atoms with Gasteiger partial charge < -0.3 is 5.32 Å². The van der Waals surface area contributed by atoms with E-state index >= 15 is 0 Å². The minimum atomic E-state index is -0.131. The van der Waals surface area contributed by atoms with E-state index in [0.29, 0.717) is 22.5 Å². The lowest BCUT2D eigenvalue weighted by Crippen LogP contribution is -2.25. The minimum absolute atomic E-state index is 0.0958. The monoisotopic (exact) mass is 340 g/mol. The molecule has 0 aromatic carbocycles. The summed E-state index contributed by atoms with van der Waals surface area (Å²) in [6, 6.07) is -0.0958. The fourth-order valence-corrected chi connectivity index (χ4v) is 2.18. The van der Waals surface area contributed by atoms with E-state index < -0.39 is 0 Å².